The average molecular weight is 437 g/mol. The molecule has 0 amide bonds. The summed E-state index contributed by atoms with van der Waals surface area (Å²) in [6, 6.07) is 13.2. The van der Waals surface area contributed by atoms with Gasteiger partial charge in [-0.15, -0.1) is 0 Å². The fourth-order valence-electron chi connectivity index (χ4n) is 5.68. The second kappa shape index (κ2) is 11.0. The summed E-state index contributed by atoms with van der Waals surface area (Å²) in [5.41, 5.74) is 4.85. The third-order valence-corrected chi connectivity index (χ3v) is 7.31. The molecule has 3 unspecified atom stereocenters. The van der Waals surface area contributed by atoms with Gasteiger partial charge >= 0.3 is 6.61 Å². The van der Waals surface area contributed by atoms with Gasteiger partial charge in [0.05, 0.1) is 0 Å². The molecule has 2 aliphatic rings. The largest absolute Gasteiger partial charge is 0.435 e. The first kappa shape index (κ1) is 22.8. The molecule has 0 saturated heterocycles. The Kier molecular flexibility index (Phi) is 7.85. The fraction of sp³-hybridized carbons (Fsp3) is 0.517. The lowest BCUT2D eigenvalue weighted by atomic mass is 9.64. The lowest BCUT2D eigenvalue weighted by Gasteiger charge is -2.40. The summed E-state index contributed by atoms with van der Waals surface area (Å²) in [5.74, 6) is 9.08. The highest BCUT2D eigenvalue weighted by Crippen LogP contribution is 2.48. The minimum absolute atomic E-state index is 0.157. The van der Waals surface area contributed by atoms with Crippen LogP contribution >= 0.6 is 0 Å². The van der Waals surface area contributed by atoms with Crippen LogP contribution in [0.4, 0.5) is 8.78 Å². The van der Waals surface area contributed by atoms with Crippen LogP contribution in [-0.4, -0.2) is 6.61 Å². The summed E-state index contributed by atoms with van der Waals surface area (Å²) in [6.07, 6.45) is 13.6. The van der Waals surface area contributed by atoms with Crippen molar-refractivity contribution in [3.8, 4) is 17.6 Å². The van der Waals surface area contributed by atoms with E-state index in [1.165, 1.54) is 75.5 Å². The second-order valence-corrected chi connectivity index (χ2v) is 9.50. The molecule has 0 aromatic heterocycles. The molecule has 32 heavy (non-hydrogen) atoms. The molecule has 1 fully saturated rings. The normalized spacial score (nSPS) is 21.9. The van der Waals surface area contributed by atoms with E-state index in [4.69, 9.17) is 0 Å². The van der Waals surface area contributed by atoms with Crippen molar-refractivity contribution < 1.29 is 13.5 Å². The molecule has 0 heterocycles. The third-order valence-electron chi connectivity index (χ3n) is 7.31. The molecule has 0 aliphatic heterocycles. The topological polar surface area (TPSA) is 9.23 Å². The zero-order valence-electron chi connectivity index (χ0n) is 19.1. The van der Waals surface area contributed by atoms with Gasteiger partial charge in [-0.2, -0.15) is 8.78 Å². The SMILES string of the molecule is CCCCCCC1CCC2c3ccc(C#Cc4ccc(OC(F)F)cc4)cc3CCC2C1. The molecule has 3 heteroatoms. The average Bonchev–Trinajstić information content (AvgIpc) is 2.80. The van der Waals surface area contributed by atoms with Crippen LogP contribution in [-0.2, 0) is 6.42 Å². The Bertz CT molecular complexity index is 938. The smallest absolute Gasteiger partial charge is 0.387 e. The van der Waals surface area contributed by atoms with Gasteiger partial charge in [-0.3, -0.25) is 0 Å². The van der Waals surface area contributed by atoms with E-state index in [0.29, 0.717) is 0 Å². The van der Waals surface area contributed by atoms with E-state index in [2.05, 4.69) is 41.7 Å². The molecule has 170 valence electrons. The van der Waals surface area contributed by atoms with E-state index in [1.807, 2.05) is 0 Å². The number of fused-ring (bicyclic) bond motifs is 3. The van der Waals surface area contributed by atoms with Crippen molar-refractivity contribution in [1.82, 2.24) is 0 Å². The highest BCUT2D eigenvalue weighted by molar-refractivity contribution is 5.48. The molecule has 1 saturated carbocycles. The van der Waals surface area contributed by atoms with E-state index in [-0.39, 0.29) is 5.75 Å². The molecular weight excluding hydrogens is 402 g/mol. The second-order valence-electron chi connectivity index (χ2n) is 9.50. The van der Waals surface area contributed by atoms with Crippen LogP contribution in [0.25, 0.3) is 0 Å². The monoisotopic (exact) mass is 436 g/mol. The summed E-state index contributed by atoms with van der Waals surface area (Å²) < 4.78 is 28.9. The molecule has 0 radical (unpaired) electrons. The minimum Gasteiger partial charge on any atom is -0.435 e. The number of ether oxygens (including phenoxy) is 1. The number of rotatable bonds is 7. The van der Waals surface area contributed by atoms with Crippen molar-refractivity contribution in [2.45, 2.75) is 83.7 Å². The number of benzene rings is 2. The zero-order chi connectivity index (χ0) is 22.3. The molecule has 1 nitrogen and oxygen atoms in total. The highest BCUT2D eigenvalue weighted by atomic mass is 19.3. The van der Waals surface area contributed by atoms with Crippen LogP contribution in [0.1, 0.15) is 92.9 Å². The Labute approximate surface area is 191 Å². The molecular formula is C29H34F2O. The maximum atomic E-state index is 12.3. The van der Waals surface area contributed by atoms with Gasteiger partial charge in [0.25, 0.3) is 0 Å². The predicted octanol–water partition coefficient (Wildman–Crippen LogP) is 8.10. The van der Waals surface area contributed by atoms with Gasteiger partial charge in [0.2, 0.25) is 0 Å². The Morgan fingerprint density at radius 1 is 0.938 bits per heavy atom. The van der Waals surface area contributed by atoms with E-state index < -0.39 is 6.61 Å². The Balaban J connectivity index is 1.37. The van der Waals surface area contributed by atoms with Gasteiger partial charge in [0.1, 0.15) is 5.75 Å². The van der Waals surface area contributed by atoms with Crippen molar-refractivity contribution in [2.75, 3.05) is 0 Å². The van der Waals surface area contributed by atoms with Crippen LogP contribution in [0.15, 0.2) is 42.5 Å². The maximum absolute atomic E-state index is 12.3. The molecule has 3 atom stereocenters. The molecule has 0 bridgehead atoms. The summed E-state index contributed by atoms with van der Waals surface area (Å²) in [6.45, 7) is -0.518. The van der Waals surface area contributed by atoms with Crippen LogP contribution in [0.3, 0.4) is 0 Å². The van der Waals surface area contributed by atoms with Crippen molar-refractivity contribution in [3.63, 3.8) is 0 Å². The first-order chi connectivity index (χ1) is 15.6. The van der Waals surface area contributed by atoms with Gasteiger partial charge in [-0.1, -0.05) is 56.9 Å². The Morgan fingerprint density at radius 2 is 1.72 bits per heavy atom. The summed E-state index contributed by atoms with van der Waals surface area (Å²) >= 11 is 0. The zero-order valence-corrected chi connectivity index (χ0v) is 19.1. The molecule has 2 aromatic rings. The van der Waals surface area contributed by atoms with E-state index in [9.17, 15) is 8.78 Å². The first-order valence-corrected chi connectivity index (χ1v) is 12.3. The lowest BCUT2D eigenvalue weighted by molar-refractivity contribution is -0.0498. The number of hydrogen-bond acceptors (Lipinski definition) is 1. The maximum Gasteiger partial charge on any atom is 0.387 e. The van der Waals surface area contributed by atoms with Crippen LogP contribution < -0.4 is 4.74 Å². The van der Waals surface area contributed by atoms with Crippen LogP contribution in [0.2, 0.25) is 0 Å². The fourth-order valence-corrected chi connectivity index (χ4v) is 5.68. The number of alkyl halides is 2. The number of halogens is 2. The predicted molar refractivity (Wildman–Crippen MR) is 126 cm³/mol. The number of unbranched alkanes of at least 4 members (excludes halogenated alkanes) is 3. The van der Waals surface area contributed by atoms with Crippen molar-refractivity contribution in [1.29, 1.82) is 0 Å². The summed E-state index contributed by atoms with van der Waals surface area (Å²) in [5, 5.41) is 0. The lowest BCUT2D eigenvalue weighted by Crippen LogP contribution is -2.28. The highest BCUT2D eigenvalue weighted by Gasteiger charge is 2.34. The molecule has 2 aromatic carbocycles. The van der Waals surface area contributed by atoms with E-state index in [1.54, 1.807) is 17.7 Å². The molecule has 2 aliphatic carbocycles. The van der Waals surface area contributed by atoms with Crippen LogP contribution in [0.5, 0.6) is 5.75 Å². The molecule has 4 rings (SSSR count). The van der Waals surface area contributed by atoms with E-state index in [0.717, 1.165) is 35.3 Å². The van der Waals surface area contributed by atoms with Crippen molar-refractivity contribution in [2.24, 2.45) is 11.8 Å². The molecule has 0 N–H and O–H groups in total. The first-order valence-electron chi connectivity index (χ1n) is 12.3. The summed E-state index contributed by atoms with van der Waals surface area (Å²) in [7, 11) is 0. The quantitative estimate of drug-likeness (QED) is 0.315. The number of aryl methyl sites for hydroxylation is 1. The Morgan fingerprint density at radius 3 is 2.50 bits per heavy atom. The third kappa shape index (κ3) is 5.91. The van der Waals surface area contributed by atoms with Crippen molar-refractivity contribution in [3.05, 3.63) is 64.7 Å². The standard InChI is InChI=1S/C29H34F2O/c1-2-3-4-5-6-22-11-17-27-24(19-22)13-14-25-20-23(12-18-28(25)27)8-7-21-9-15-26(16-10-21)32-29(30)31/h9-10,12,15-16,18,20,22,24,27,29H,2-6,11,13-14,17,19H2,1H3. The van der Waals surface area contributed by atoms with Gasteiger partial charge in [0, 0.05) is 11.1 Å². The summed E-state index contributed by atoms with van der Waals surface area (Å²) in [4.78, 5) is 0. The van der Waals surface area contributed by atoms with E-state index >= 15 is 0 Å². The molecule has 0 spiro atoms. The van der Waals surface area contributed by atoms with Crippen LogP contribution in [0, 0.1) is 23.7 Å². The Hall–Kier alpha value is -2.34. The van der Waals surface area contributed by atoms with Gasteiger partial charge in [0.15, 0.2) is 0 Å². The minimum atomic E-state index is -2.80. The number of hydrogen-bond donors (Lipinski definition) is 0. The van der Waals surface area contributed by atoms with Gasteiger partial charge < -0.3 is 4.74 Å². The van der Waals surface area contributed by atoms with Gasteiger partial charge in [-0.25, -0.2) is 0 Å². The van der Waals surface area contributed by atoms with Crippen molar-refractivity contribution >= 4 is 0 Å². The van der Waals surface area contributed by atoms with Gasteiger partial charge in [-0.05, 0) is 97.4 Å².